The summed E-state index contributed by atoms with van der Waals surface area (Å²) in [6, 6.07) is 2.91. The van der Waals surface area contributed by atoms with Gasteiger partial charge < -0.3 is 4.74 Å². The highest BCUT2D eigenvalue weighted by Gasteiger charge is 2.17. The second-order valence-corrected chi connectivity index (χ2v) is 3.35. The molecule has 0 saturated heterocycles. The average molecular weight is 310 g/mol. The smallest absolute Gasteiger partial charge is 0.281 e. The molecule has 1 heterocycles. The number of rotatable bonds is 2. The Kier molecular flexibility index (Phi) is 3.57. The molecule has 6 heteroatoms. The van der Waals surface area contributed by atoms with E-state index in [0.717, 1.165) is 0 Å². The molecule has 0 aromatic carbocycles. The Balaban J connectivity index is 3.33. The molecule has 0 spiro atoms. The van der Waals surface area contributed by atoms with Crippen molar-refractivity contribution >= 4 is 22.6 Å². The van der Waals surface area contributed by atoms with E-state index in [1.165, 1.54) is 13.2 Å². The van der Waals surface area contributed by atoms with Gasteiger partial charge >= 0.3 is 0 Å². The quantitative estimate of drug-likeness (QED) is 0.623. The lowest BCUT2D eigenvalue weighted by Gasteiger charge is -2.06. The van der Waals surface area contributed by atoms with Crippen LogP contribution in [-0.2, 0) is 0 Å². The molecule has 0 radical (unpaired) electrons. The Morgan fingerprint density at radius 3 is 2.71 bits per heavy atom. The van der Waals surface area contributed by atoms with Gasteiger partial charge in [-0.05, 0) is 22.6 Å². The van der Waals surface area contributed by atoms with Crippen LogP contribution in [0.5, 0.6) is 5.75 Å². The number of ether oxygens (including phenoxy) is 1. The van der Waals surface area contributed by atoms with E-state index in [-0.39, 0.29) is 5.56 Å². The fourth-order valence-corrected chi connectivity index (χ4v) is 1.52. The number of aromatic nitrogens is 1. The summed E-state index contributed by atoms with van der Waals surface area (Å²) >= 11 is 1.77. The van der Waals surface area contributed by atoms with Crippen LogP contribution >= 0.6 is 22.6 Å². The number of hydrogen-bond acceptors (Lipinski definition) is 3. The van der Waals surface area contributed by atoms with E-state index in [2.05, 4.69) is 4.98 Å². The summed E-state index contributed by atoms with van der Waals surface area (Å²) in [6.45, 7) is 0. The molecular weight excluding hydrogens is 305 g/mol. The van der Waals surface area contributed by atoms with Crippen molar-refractivity contribution < 1.29 is 13.5 Å². The van der Waals surface area contributed by atoms with Crippen LogP contribution in [0.3, 0.4) is 0 Å². The molecule has 0 unspecified atom stereocenters. The van der Waals surface area contributed by atoms with E-state index in [1.807, 2.05) is 0 Å². The Hall–Kier alpha value is -0.970. The standard InChI is InChI=1S/C8H5F2IN2O/c1-14-5-2-4(3-12)6(7(9)10)13-8(5)11/h2,7H,1H3. The van der Waals surface area contributed by atoms with Crippen molar-refractivity contribution in [2.24, 2.45) is 0 Å². The van der Waals surface area contributed by atoms with Gasteiger partial charge in [0.25, 0.3) is 6.43 Å². The third kappa shape index (κ3) is 2.09. The molecule has 0 aliphatic rings. The zero-order chi connectivity index (χ0) is 10.7. The van der Waals surface area contributed by atoms with Gasteiger partial charge in [0.05, 0.1) is 12.7 Å². The summed E-state index contributed by atoms with van der Waals surface area (Å²) in [6.07, 6.45) is -2.75. The number of methoxy groups -OCH3 is 1. The fourth-order valence-electron chi connectivity index (χ4n) is 0.885. The number of pyridine rings is 1. The molecule has 1 aromatic heterocycles. The first-order valence-corrected chi connectivity index (χ1v) is 4.60. The summed E-state index contributed by atoms with van der Waals surface area (Å²) in [5.74, 6) is 0.326. The van der Waals surface area contributed by atoms with Crippen molar-refractivity contribution in [2.75, 3.05) is 7.11 Å². The Morgan fingerprint density at radius 1 is 1.64 bits per heavy atom. The van der Waals surface area contributed by atoms with Crippen molar-refractivity contribution in [3.8, 4) is 11.8 Å². The van der Waals surface area contributed by atoms with Gasteiger partial charge in [0.1, 0.15) is 15.5 Å². The summed E-state index contributed by atoms with van der Waals surface area (Å²) in [5, 5.41) is 8.60. The topological polar surface area (TPSA) is 45.9 Å². The summed E-state index contributed by atoms with van der Waals surface area (Å²) < 4.78 is 29.9. The molecule has 74 valence electrons. The van der Waals surface area contributed by atoms with E-state index < -0.39 is 12.1 Å². The van der Waals surface area contributed by atoms with E-state index in [1.54, 1.807) is 28.7 Å². The van der Waals surface area contributed by atoms with Crippen molar-refractivity contribution in [2.45, 2.75) is 6.43 Å². The van der Waals surface area contributed by atoms with E-state index in [0.29, 0.717) is 9.45 Å². The maximum Gasteiger partial charge on any atom is 0.281 e. The van der Waals surface area contributed by atoms with E-state index >= 15 is 0 Å². The van der Waals surface area contributed by atoms with Crippen LogP contribution in [0.2, 0.25) is 0 Å². The molecule has 1 rings (SSSR count). The molecule has 0 amide bonds. The van der Waals surface area contributed by atoms with Gasteiger partial charge in [0.2, 0.25) is 0 Å². The first-order chi connectivity index (χ1) is 6.60. The van der Waals surface area contributed by atoms with E-state index in [4.69, 9.17) is 10.00 Å². The van der Waals surface area contributed by atoms with Crippen molar-refractivity contribution in [1.29, 1.82) is 5.26 Å². The van der Waals surface area contributed by atoms with Gasteiger partial charge in [-0.3, -0.25) is 0 Å². The average Bonchev–Trinajstić information content (AvgIpc) is 2.17. The van der Waals surface area contributed by atoms with Crippen LogP contribution in [0, 0.1) is 15.0 Å². The highest BCUT2D eigenvalue weighted by molar-refractivity contribution is 14.1. The van der Waals surface area contributed by atoms with Crippen LogP contribution in [-0.4, -0.2) is 12.1 Å². The second-order valence-electron chi connectivity index (χ2n) is 2.33. The lowest BCUT2D eigenvalue weighted by molar-refractivity contribution is 0.145. The molecule has 0 atom stereocenters. The van der Waals surface area contributed by atoms with Gasteiger partial charge in [-0.2, -0.15) is 5.26 Å². The molecule has 0 saturated carbocycles. The van der Waals surface area contributed by atoms with Gasteiger partial charge in [-0.1, -0.05) is 0 Å². The van der Waals surface area contributed by atoms with Crippen LogP contribution in [0.1, 0.15) is 17.7 Å². The third-order valence-electron chi connectivity index (χ3n) is 1.52. The zero-order valence-electron chi connectivity index (χ0n) is 7.09. The van der Waals surface area contributed by atoms with Crippen LogP contribution in [0.15, 0.2) is 6.07 Å². The highest BCUT2D eigenvalue weighted by Crippen LogP contribution is 2.27. The number of nitriles is 1. The summed E-state index contributed by atoms with van der Waals surface area (Å²) in [4.78, 5) is 3.60. The normalized spacial score (nSPS) is 10.0. The van der Waals surface area contributed by atoms with Gasteiger partial charge in [-0.15, -0.1) is 0 Å². The molecule has 14 heavy (non-hydrogen) atoms. The minimum Gasteiger partial charge on any atom is -0.494 e. The largest absolute Gasteiger partial charge is 0.494 e. The number of alkyl halides is 2. The summed E-state index contributed by atoms with van der Waals surface area (Å²) in [5.41, 5.74) is -0.657. The molecule has 0 N–H and O–H groups in total. The van der Waals surface area contributed by atoms with Crippen molar-refractivity contribution in [3.05, 3.63) is 21.0 Å². The molecule has 0 fully saturated rings. The van der Waals surface area contributed by atoms with Crippen LogP contribution in [0.4, 0.5) is 8.78 Å². The lowest BCUT2D eigenvalue weighted by Crippen LogP contribution is -2.00. The van der Waals surface area contributed by atoms with Crippen LogP contribution in [0.25, 0.3) is 0 Å². The number of hydrogen-bond donors (Lipinski definition) is 0. The first kappa shape index (κ1) is 11.1. The maximum atomic E-state index is 12.4. The van der Waals surface area contributed by atoms with Crippen molar-refractivity contribution in [1.82, 2.24) is 4.98 Å². The van der Waals surface area contributed by atoms with Gasteiger partial charge in [0.15, 0.2) is 5.75 Å². The van der Waals surface area contributed by atoms with Gasteiger partial charge in [0, 0.05) is 6.07 Å². The fraction of sp³-hybridized carbons (Fsp3) is 0.250. The number of nitrogens with zero attached hydrogens (tertiary/aromatic N) is 2. The molecule has 3 nitrogen and oxygen atoms in total. The highest BCUT2D eigenvalue weighted by atomic mass is 127. The lowest BCUT2D eigenvalue weighted by atomic mass is 10.2. The third-order valence-corrected chi connectivity index (χ3v) is 2.29. The Morgan fingerprint density at radius 2 is 2.29 bits per heavy atom. The minimum absolute atomic E-state index is 0.155. The van der Waals surface area contributed by atoms with E-state index in [9.17, 15) is 8.78 Å². The molecule has 0 bridgehead atoms. The molecule has 0 aliphatic carbocycles. The Labute approximate surface area is 92.8 Å². The monoisotopic (exact) mass is 310 g/mol. The van der Waals surface area contributed by atoms with Crippen molar-refractivity contribution in [3.63, 3.8) is 0 Å². The van der Waals surface area contributed by atoms with Crippen LogP contribution < -0.4 is 4.74 Å². The zero-order valence-corrected chi connectivity index (χ0v) is 9.25. The predicted molar refractivity (Wildman–Crippen MR) is 53.2 cm³/mol. The maximum absolute atomic E-state index is 12.4. The second kappa shape index (κ2) is 4.50. The molecule has 0 aliphatic heterocycles. The first-order valence-electron chi connectivity index (χ1n) is 3.52. The predicted octanol–water partition coefficient (Wildman–Crippen LogP) is 2.50. The minimum atomic E-state index is -2.75. The molecular formula is C8H5F2IN2O. The number of halogens is 3. The SMILES string of the molecule is COc1cc(C#N)c(C(F)F)nc1I. The Bertz CT molecular complexity index is 390. The molecule has 1 aromatic rings. The summed E-state index contributed by atoms with van der Waals surface area (Å²) in [7, 11) is 1.39. The van der Waals surface area contributed by atoms with Gasteiger partial charge in [-0.25, -0.2) is 13.8 Å².